The normalized spacial score (nSPS) is 13.4. The van der Waals surface area contributed by atoms with Crippen LogP contribution in [0.5, 0.6) is 23.0 Å². The molecule has 3 aliphatic heterocycles. The third kappa shape index (κ3) is 4.64. The fourth-order valence-corrected chi connectivity index (χ4v) is 10.0. The Labute approximate surface area is 347 Å². The van der Waals surface area contributed by atoms with Crippen LogP contribution in [0.15, 0.2) is 174 Å². The van der Waals surface area contributed by atoms with Gasteiger partial charge in [-0.2, -0.15) is 0 Å². The summed E-state index contributed by atoms with van der Waals surface area (Å²) in [5.41, 5.74) is 16.7. The number of fused-ring (bicyclic) bond motifs is 11. The smallest absolute Gasteiger partial charge is 0.336 e. The Kier molecular flexibility index (Phi) is 6.74. The summed E-state index contributed by atoms with van der Waals surface area (Å²) < 4.78 is 22.9. The lowest BCUT2D eigenvalue weighted by atomic mass is 9.45. The topological polar surface area (TPSA) is 39.8 Å². The van der Waals surface area contributed by atoms with Gasteiger partial charge in [0.05, 0.1) is 11.1 Å². The maximum Gasteiger partial charge on any atom is 0.336 e. The SMILES string of the molecule is CC(C)(C)c1ccc(N2c3cc4c(cc3B3c5c(cc(-c6ccccc6)cc52)-c2cccc5c6c7ccccc7oc6n3c25)Oc2ccccc2O4)c(-c2ccccc2)c1. The van der Waals surface area contributed by atoms with Crippen molar-refractivity contribution in [3.63, 3.8) is 0 Å². The van der Waals surface area contributed by atoms with Crippen LogP contribution in [0.4, 0.5) is 17.1 Å². The Bertz CT molecular complexity index is 3430. The van der Waals surface area contributed by atoms with E-state index >= 15 is 0 Å². The molecule has 13 rings (SSSR count). The van der Waals surface area contributed by atoms with Gasteiger partial charge in [0.1, 0.15) is 5.58 Å². The van der Waals surface area contributed by atoms with Crippen molar-refractivity contribution in [3.8, 4) is 56.4 Å². The summed E-state index contributed by atoms with van der Waals surface area (Å²) in [7, 11) is 0. The number of rotatable bonds is 3. The molecule has 0 unspecified atom stereocenters. The van der Waals surface area contributed by atoms with Crippen LogP contribution < -0.4 is 25.3 Å². The molecule has 6 heteroatoms. The van der Waals surface area contributed by atoms with Crippen LogP contribution in [-0.4, -0.2) is 11.3 Å². The average molecular weight is 773 g/mol. The number of hydrogen-bond donors (Lipinski definition) is 0. The van der Waals surface area contributed by atoms with Crippen molar-refractivity contribution in [2.24, 2.45) is 0 Å². The Balaban J connectivity index is 1.19. The van der Waals surface area contributed by atoms with Gasteiger partial charge < -0.3 is 23.3 Å². The van der Waals surface area contributed by atoms with E-state index in [1.165, 1.54) is 33.1 Å². The van der Waals surface area contributed by atoms with Crippen molar-refractivity contribution in [2.75, 3.05) is 4.90 Å². The van der Waals surface area contributed by atoms with Crippen molar-refractivity contribution in [1.82, 2.24) is 4.48 Å². The predicted molar refractivity (Wildman–Crippen MR) is 246 cm³/mol. The minimum absolute atomic E-state index is 0.0571. The van der Waals surface area contributed by atoms with E-state index in [-0.39, 0.29) is 12.3 Å². The summed E-state index contributed by atoms with van der Waals surface area (Å²) in [6, 6.07) is 60.9. The number of aromatic nitrogens is 1. The first kappa shape index (κ1) is 33.5. The van der Waals surface area contributed by atoms with Crippen molar-refractivity contribution in [2.45, 2.75) is 26.2 Å². The molecule has 2 aromatic heterocycles. The first-order chi connectivity index (χ1) is 29.4. The van der Waals surface area contributed by atoms with E-state index in [1.54, 1.807) is 0 Å². The van der Waals surface area contributed by atoms with Crippen LogP contribution in [0, 0.1) is 0 Å². The summed E-state index contributed by atoms with van der Waals surface area (Å²) in [4.78, 5) is 2.49. The Morgan fingerprint density at radius 3 is 1.93 bits per heavy atom. The van der Waals surface area contributed by atoms with Gasteiger partial charge in [0, 0.05) is 44.9 Å². The predicted octanol–water partition coefficient (Wildman–Crippen LogP) is 13.5. The van der Waals surface area contributed by atoms with Gasteiger partial charge >= 0.3 is 6.85 Å². The van der Waals surface area contributed by atoms with Crippen LogP contribution >= 0.6 is 0 Å². The first-order valence-electron chi connectivity index (χ1n) is 20.7. The molecule has 0 N–H and O–H groups in total. The molecule has 60 heavy (non-hydrogen) atoms. The molecule has 0 radical (unpaired) electrons. The van der Waals surface area contributed by atoms with Crippen molar-refractivity contribution in [1.29, 1.82) is 0 Å². The van der Waals surface area contributed by atoms with Gasteiger partial charge in [-0.05, 0) is 92.7 Å². The lowest BCUT2D eigenvalue weighted by Gasteiger charge is -2.42. The molecular formula is C54H37BN2O3. The summed E-state index contributed by atoms with van der Waals surface area (Å²) in [5, 5.41) is 3.44. The van der Waals surface area contributed by atoms with E-state index < -0.39 is 0 Å². The number of benzene rings is 8. The van der Waals surface area contributed by atoms with Crippen LogP contribution in [-0.2, 0) is 5.41 Å². The third-order valence-corrected chi connectivity index (χ3v) is 12.8. The second-order valence-electron chi connectivity index (χ2n) is 17.3. The number of hydrogen-bond acceptors (Lipinski definition) is 4. The lowest BCUT2D eigenvalue weighted by molar-refractivity contribution is 0.360. The summed E-state index contributed by atoms with van der Waals surface area (Å²) >= 11 is 0. The van der Waals surface area contributed by atoms with Crippen molar-refractivity contribution in [3.05, 3.63) is 175 Å². The molecule has 10 aromatic rings. The van der Waals surface area contributed by atoms with Crippen LogP contribution in [0.1, 0.15) is 26.3 Å². The number of anilines is 3. The summed E-state index contributed by atoms with van der Waals surface area (Å²) in [6.07, 6.45) is 0. The van der Waals surface area contributed by atoms with Gasteiger partial charge in [-0.3, -0.25) is 0 Å². The Morgan fingerprint density at radius 1 is 0.483 bits per heavy atom. The second-order valence-corrected chi connectivity index (χ2v) is 17.3. The minimum Gasteiger partial charge on any atom is -0.450 e. The van der Waals surface area contributed by atoms with E-state index in [4.69, 9.17) is 13.9 Å². The largest absolute Gasteiger partial charge is 0.450 e. The van der Waals surface area contributed by atoms with E-state index in [2.05, 4.69) is 176 Å². The average Bonchev–Trinajstić information content (AvgIpc) is 3.82. The molecule has 0 atom stereocenters. The first-order valence-corrected chi connectivity index (χ1v) is 20.7. The lowest BCUT2D eigenvalue weighted by Crippen LogP contribution is -2.56. The molecule has 8 aromatic carbocycles. The molecule has 0 fully saturated rings. The molecule has 0 bridgehead atoms. The zero-order chi connectivity index (χ0) is 39.9. The van der Waals surface area contributed by atoms with Crippen LogP contribution in [0.25, 0.3) is 66.4 Å². The summed E-state index contributed by atoms with van der Waals surface area (Å²) in [6.45, 7) is 6.61. The molecule has 0 amide bonds. The van der Waals surface area contributed by atoms with Gasteiger partial charge in [-0.15, -0.1) is 0 Å². The fraction of sp³-hybridized carbons (Fsp3) is 0.0741. The van der Waals surface area contributed by atoms with Crippen LogP contribution in [0.2, 0.25) is 0 Å². The fourth-order valence-electron chi connectivity index (χ4n) is 10.0. The Hall–Kier alpha value is -7.44. The second kappa shape index (κ2) is 12.1. The van der Waals surface area contributed by atoms with Crippen molar-refractivity contribution >= 4 is 67.8 Å². The highest BCUT2D eigenvalue weighted by atomic mass is 16.6. The van der Waals surface area contributed by atoms with E-state index in [1.807, 2.05) is 24.3 Å². The standard InChI is InChI=1S/C54H37BN2O3/c1-54(2,3)35-25-26-42(39(29-35)33-17-8-5-9-18-33)56-43-31-49-48(58-46-23-12-13-24-47(46)59-49)30-41(43)55-51-40(27-34(28-44(51)56)32-15-6-4-7-16-32)36-20-14-21-38-50-37-19-10-11-22-45(37)60-53(50)57(55)52(36)38/h4-31H,1-3H3. The van der Waals surface area contributed by atoms with Gasteiger partial charge in [0.25, 0.3) is 0 Å². The quantitative estimate of drug-likeness (QED) is 0.168. The number of para-hydroxylation sites is 4. The molecule has 5 heterocycles. The van der Waals surface area contributed by atoms with Crippen LogP contribution in [0.3, 0.4) is 0 Å². The third-order valence-electron chi connectivity index (χ3n) is 12.8. The van der Waals surface area contributed by atoms with E-state index in [0.29, 0.717) is 23.0 Å². The van der Waals surface area contributed by atoms with E-state index in [0.717, 1.165) is 66.8 Å². The maximum atomic E-state index is 6.95. The highest BCUT2D eigenvalue weighted by Gasteiger charge is 2.45. The highest BCUT2D eigenvalue weighted by Crippen LogP contribution is 2.53. The van der Waals surface area contributed by atoms with E-state index in [9.17, 15) is 0 Å². The maximum absolute atomic E-state index is 6.95. The molecule has 0 spiro atoms. The summed E-state index contributed by atoms with van der Waals surface area (Å²) in [5.74, 6) is 2.76. The highest BCUT2D eigenvalue weighted by molar-refractivity contribution is 6.90. The molecule has 284 valence electrons. The molecule has 0 aliphatic carbocycles. The zero-order valence-electron chi connectivity index (χ0n) is 33.4. The molecule has 0 saturated heterocycles. The molecule has 5 nitrogen and oxygen atoms in total. The van der Waals surface area contributed by atoms with Gasteiger partial charge in [-0.1, -0.05) is 136 Å². The number of nitrogens with zero attached hydrogens (tertiary/aromatic N) is 2. The molecule has 3 aliphatic rings. The molecular weight excluding hydrogens is 735 g/mol. The van der Waals surface area contributed by atoms with Gasteiger partial charge in [-0.25, -0.2) is 0 Å². The van der Waals surface area contributed by atoms with Gasteiger partial charge in [0.15, 0.2) is 28.7 Å². The monoisotopic (exact) mass is 772 g/mol. The number of furan rings is 1. The minimum atomic E-state index is -0.248. The Morgan fingerprint density at radius 2 is 1.17 bits per heavy atom. The van der Waals surface area contributed by atoms with Gasteiger partial charge in [0.2, 0.25) is 0 Å². The molecule has 0 saturated carbocycles. The number of ether oxygens (including phenoxy) is 2. The zero-order valence-corrected chi connectivity index (χ0v) is 33.4. The van der Waals surface area contributed by atoms with Crippen molar-refractivity contribution < 1.29 is 13.9 Å².